The summed E-state index contributed by atoms with van der Waals surface area (Å²) in [6.07, 6.45) is 1.09. The number of nitrogens with zero attached hydrogens (tertiary/aromatic N) is 3. The van der Waals surface area contributed by atoms with Gasteiger partial charge in [-0.3, -0.25) is 4.99 Å². The zero-order valence-electron chi connectivity index (χ0n) is 12.3. The van der Waals surface area contributed by atoms with Gasteiger partial charge in [0.05, 0.1) is 0 Å². The molecule has 0 rings (SSSR count). The van der Waals surface area contributed by atoms with Crippen LogP contribution in [0.5, 0.6) is 0 Å². The molecule has 0 N–H and O–H groups in total. The van der Waals surface area contributed by atoms with Crippen LogP contribution in [-0.2, 0) is 8.85 Å². The third-order valence-corrected chi connectivity index (χ3v) is 5.65. The maximum atomic E-state index is 5.95. The van der Waals surface area contributed by atoms with Gasteiger partial charge in [0.15, 0.2) is 5.96 Å². The first-order chi connectivity index (χ1) is 7.90. The molecule has 0 fully saturated rings. The van der Waals surface area contributed by atoms with E-state index in [-0.39, 0.29) is 0 Å². The third kappa shape index (κ3) is 5.52. The lowest BCUT2D eigenvalue weighted by Gasteiger charge is -2.31. The number of guanidine groups is 1. The van der Waals surface area contributed by atoms with E-state index in [1.165, 1.54) is 0 Å². The van der Waals surface area contributed by atoms with Crippen LogP contribution in [0.2, 0.25) is 12.6 Å². The molecule has 5 nitrogen and oxygen atoms in total. The Labute approximate surface area is 107 Å². The number of hydrogen-bond acceptors (Lipinski definition) is 3. The minimum Gasteiger partial charge on any atom is -0.398 e. The molecular formula is C11H27N3O2Si. The highest BCUT2D eigenvalue weighted by molar-refractivity contribution is 6.65. The summed E-state index contributed by atoms with van der Waals surface area (Å²) >= 11 is 0. The van der Waals surface area contributed by atoms with E-state index in [0.717, 1.165) is 18.4 Å². The van der Waals surface area contributed by atoms with E-state index in [1.54, 1.807) is 14.2 Å². The van der Waals surface area contributed by atoms with Crippen LogP contribution in [0.4, 0.5) is 0 Å². The SMILES string of the molecule is CCC[Si](C)(OC)OCN(C)C(=NC)N(C)C. The van der Waals surface area contributed by atoms with Crippen LogP contribution in [0.3, 0.4) is 0 Å². The van der Waals surface area contributed by atoms with Crippen LogP contribution in [0.25, 0.3) is 0 Å². The molecule has 6 heteroatoms. The molecule has 0 aliphatic heterocycles. The summed E-state index contributed by atoms with van der Waals surface area (Å²) < 4.78 is 11.5. The Hall–Kier alpha value is -0.593. The van der Waals surface area contributed by atoms with Gasteiger partial charge in [0, 0.05) is 35.3 Å². The molecule has 0 aromatic rings. The largest absolute Gasteiger partial charge is 0.398 e. The molecule has 0 amide bonds. The molecule has 0 radical (unpaired) electrons. The number of hydrogen-bond donors (Lipinski definition) is 0. The fourth-order valence-electron chi connectivity index (χ4n) is 1.69. The van der Waals surface area contributed by atoms with Gasteiger partial charge >= 0.3 is 8.56 Å². The molecule has 0 aromatic carbocycles. The number of aliphatic imine (C=N–C) groups is 1. The topological polar surface area (TPSA) is 37.3 Å². The summed E-state index contributed by atoms with van der Waals surface area (Å²) in [6, 6.07) is 1.01. The van der Waals surface area contributed by atoms with Gasteiger partial charge in [-0.1, -0.05) is 13.3 Å². The normalized spacial score (nSPS) is 15.6. The Morgan fingerprint density at radius 1 is 1.29 bits per heavy atom. The Bertz CT molecular complexity index is 249. The number of rotatable bonds is 6. The summed E-state index contributed by atoms with van der Waals surface area (Å²) in [4.78, 5) is 8.18. The highest BCUT2D eigenvalue weighted by atomic mass is 28.4. The lowest BCUT2D eigenvalue weighted by molar-refractivity contribution is 0.140. The molecule has 0 saturated carbocycles. The highest BCUT2D eigenvalue weighted by Crippen LogP contribution is 2.14. The van der Waals surface area contributed by atoms with Gasteiger partial charge in [-0.15, -0.1) is 0 Å². The smallest absolute Gasteiger partial charge is 0.335 e. The van der Waals surface area contributed by atoms with Gasteiger partial charge in [-0.25, -0.2) is 0 Å². The van der Waals surface area contributed by atoms with Crippen molar-refractivity contribution in [2.45, 2.75) is 25.9 Å². The molecule has 102 valence electrons. The molecule has 0 aliphatic carbocycles. The Balaban J connectivity index is 4.35. The van der Waals surface area contributed by atoms with Gasteiger partial charge in [0.2, 0.25) is 0 Å². The summed E-state index contributed by atoms with van der Waals surface area (Å²) in [6.45, 7) is 4.76. The van der Waals surface area contributed by atoms with E-state index in [1.807, 2.05) is 30.9 Å². The van der Waals surface area contributed by atoms with Crippen LogP contribution >= 0.6 is 0 Å². The molecular weight excluding hydrogens is 234 g/mol. The molecule has 0 heterocycles. The Kier molecular flexibility index (Phi) is 7.41. The van der Waals surface area contributed by atoms with Gasteiger partial charge < -0.3 is 18.7 Å². The van der Waals surface area contributed by atoms with Crippen molar-refractivity contribution >= 4 is 14.5 Å². The van der Waals surface area contributed by atoms with Crippen molar-refractivity contribution in [3.63, 3.8) is 0 Å². The van der Waals surface area contributed by atoms with Crippen LogP contribution < -0.4 is 0 Å². The van der Waals surface area contributed by atoms with Crippen molar-refractivity contribution in [2.24, 2.45) is 4.99 Å². The van der Waals surface area contributed by atoms with E-state index < -0.39 is 8.56 Å². The maximum absolute atomic E-state index is 5.95. The monoisotopic (exact) mass is 261 g/mol. The van der Waals surface area contributed by atoms with Gasteiger partial charge in [-0.2, -0.15) is 0 Å². The van der Waals surface area contributed by atoms with E-state index in [9.17, 15) is 0 Å². The lowest BCUT2D eigenvalue weighted by Crippen LogP contribution is -2.45. The molecule has 0 aliphatic rings. The molecule has 17 heavy (non-hydrogen) atoms. The van der Waals surface area contributed by atoms with Gasteiger partial charge in [0.25, 0.3) is 0 Å². The molecule has 1 unspecified atom stereocenters. The van der Waals surface area contributed by atoms with Gasteiger partial charge in [0.1, 0.15) is 6.73 Å². The molecule has 1 atom stereocenters. The lowest BCUT2D eigenvalue weighted by atomic mass is 10.6. The van der Waals surface area contributed by atoms with Gasteiger partial charge in [-0.05, 0) is 12.6 Å². The molecule has 0 spiro atoms. The zero-order chi connectivity index (χ0) is 13.5. The molecule has 0 saturated heterocycles. The average Bonchev–Trinajstić information content (AvgIpc) is 2.27. The average molecular weight is 261 g/mol. The van der Waals surface area contributed by atoms with E-state index in [4.69, 9.17) is 8.85 Å². The van der Waals surface area contributed by atoms with Crippen LogP contribution in [0.15, 0.2) is 4.99 Å². The van der Waals surface area contributed by atoms with Crippen molar-refractivity contribution in [3.05, 3.63) is 0 Å². The zero-order valence-corrected chi connectivity index (χ0v) is 13.3. The summed E-state index contributed by atoms with van der Waals surface area (Å²) in [5.41, 5.74) is 0. The molecule has 0 aromatic heterocycles. The van der Waals surface area contributed by atoms with E-state index in [0.29, 0.717) is 6.73 Å². The quantitative estimate of drug-likeness (QED) is 0.315. The summed E-state index contributed by atoms with van der Waals surface area (Å²) in [7, 11) is 7.44. The fourth-order valence-corrected chi connectivity index (χ4v) is 3.53. The minimum atomic E-state index is -1.99. The van der Waals surface area contributed by atoms with Crippen molar-refractivity contribution < 1.29 is 8.85 Å². The van der Waals surface area contributed by atoms with E-state index >= 15 is 0 Å². The predicted molar refractivity (Wildman–Crippen MR) is 74.5 cm³/mol. The van der Waals surface area contributed by atoms with Crippen molar-refractivity contribution in [1.29, 1.82) is 0 Å². The summed E-state index contributed by atoms with van der Waals surface area (Å²) in [5.74, 6) is 0.897. The van der Waals surface area contributed by atoms with Crippen molar-refractivity contribution in [3.8, 4) is 0 Å². The Morgan fingerprint density at radius 3 is 2.24 bits per heavy atom. The third-order valence-electron chi connectivity index (χ3n) is 2.64. The maximum Gasteiger partial charge on any atom is 0.335 e. The molecule has 0 bridgehead atoms. The first kappa shape index (κ1) is 16.4. The second-order valence-electron chi connectivity index (χ2n) is 4.48. The second kappa shape index (κ2) is 7.68. The van der Waals surface area contributed by atoms with Crippen LogP contribution in [0, 0.1) is 0 Å². The van der Waals surface area contributed by atoms with Crippen molar-refractivity contribution in [2.75, 3.05) is 42.0 Å². The Morgan fingerprint density at radius 2 is 1.88 bits per heavy atom. The summed E-state index contributed by atoms with van der Waals surface area (Å²) in [5, 5.41) is 0. The van der Waals surface area contributed by atoms with E-state index in [2.05, 4.69) is 18.5 Å². The minimum absolute atomic E-state index is 0.515. The standard InChI is InChI=1S/C11H27N3O2Si/c1-8-9-17(7,15-6)16-10-14(5)11(12-2)13(3)4/h8-10H2,1-7H3. The first-order valence-electron chi connectivity index (χ1n) is 5.94. The first-order valence-corrected chi connectivity index (χ1v) is 8.47. The highest BCUT2D eigenvalue weighted by Gasteiger charge is 2.29. The second-order valence-corrected chi connectivity index (χ2v) is 7.94. The van der Waals surface area contributed by atoms with Crippen LogP contribution in [-0.4, -0.2) is 66.4 Å². The fraction of sp³-hybridized carbons (Fsp3) is 0.909. The predicted octanol–water partition coefficient (Wildman–Crippen LogP) is 1.57. The van der Waals surface area contributed by atoms with Crippen LogP contribution in [0.1, 0.15) is 13.3 Å². The van der Waals surface area contributed by atoms with Crippen molar-refractivity contribution in [1.82, 2.24) is 9.80 Å².